The second-order valence-corrected chi connectivity index (χ2v) is 8.50. The van der Waals surface area contributed by atoms with Crippen LogP contribution in [0.4, 0.5) is 19.7 Å². The number of carbonyl (C=O) groups excluding carboxylic acids is 2. The molecule has 2 aliphatic heterocycles. The standard InChI is InChI=1S/C24H29FN4O2/c1-17-4-3-5-19(14-17)16-28-12-13-29(24(28)31)21-8-10-27(11-9-21)23(30)26-20-7-6-18(2)22(25)15-20/h3-7,14-15,21H,8-13,16H2,1-2H3,(H,26,30). The number of nitrogens with zero attached hydrogens (tertiary/aromatic N) is 3. The van der Waals surface area contributed by atoms with Crippen LogP contribution >= 0.6 is 0 Å². The molecule has 4 rings (SSSR count). The fraction of sp³-hybridized carbons (Fsp3) is 0.417. The molecule has 0 aromatic heterocycles. The summed E-state index contributed by atoms with van der Waals surface area (Å²) in [4.78, 5) is 31.1. The van der Waals surface area contributed by atoms with Gasteiger partial charge in [0.05, 0.1) is 0 Å². The smallest absolute Gasteiger partial charge is 0.321 e. The largest absolute Gasteiger partial charge is 0.324 e. The molecule has 0 unspecified atom stereocenters. The van der Waals surface area contributed by atoms with Gasteiger partial charge in [0.1, 0.15) is 5.82 Å². The Bertz CT molecular complexity index is 972. The van der Waals surface area contributed by atoms with Crippen molar-refractivity contribution in [3.63, 3.8) is 0 Å². The van der Waals surface area contributed by atoms with Crippen molar-refractivity contribution in [2.24, 2.45) is 0 Å². The Morgan fingerprint density at radius 3 is 2.55 bits per heavy atom. The number of anilines is 1. The molecule has 2 aliphatic rings. The zero-order valence-electron chi connectivity index (χ0n) is 18.1. The minimum atomic E-state index is -0.334. The minimum absolute atomic E-state index is 0.0829. The van der Waals surface area contributed by atoms with Gasteiger partial charge in [-0.3, -0.25) is 0 Å². The van der Waals surface area contributed by atoms with Crippen LogP contribution in [0, 0.1) is 19.7 Å². The van der Waals surface area contributed by atoms with Gasteiger partial charge < -0.3 is 20.0 Å². The van der Waals surface area contributed by atoms with Crippen LogP contribution in [0.1, 0.15) is 29.5 Å². The van der Waals surface area contributed by atoms with Gasteiger partial charge in [0.2, 0.25) is 0 Å². The lowest BCUT2D eigenvalue weighted by Crippen LogP contribution is -2.49. The Morgan fingerprint density at radius 1 is 1.06 bits per heavy atom. The number of aryl methyl sites for hydroxylation is 2. The van der Waals surface area contributed by atoms with Crippen LogP contribution in [-0.4, -0.2) is 59.0 Å². The average Bonchev–Trinajstić information content (AvgIpc) is 3.11. The maximum Gasteiger partial charge on any atom is 0.321 e. The van der Waals surface area contributed by atoms with Crippen molar-refractivity contribution in [1.29, 1.82) is 0 Å². The molecule has 0 saturated carbocycles. The SMILES string of the molecule is Cc1cccc(CN2CCN(C3CCN(C(=O)Nc4ccc(C)c(F)c4)CC3)C2=O)c1. The highest BCUT2D eigenvalue weighted by Crippen LogP contribution is 2.23. The van der Waals surface area contributed by atoms with Crippen molar-refractivity contribution in [3.8, 4) is 0 Å². The van der Waals surface area contributed by atoms with Crippen LogP contribution in [-0.2, 0) is 6.54 Å². The Kier molecular flexibility index (Phi) is 6.11. The summed E-state index contributed by atoms with van der Waals surface area (Å²) >= 11 is 0. The molecular weight excluding hydrogens is 395 g/mol. The van der Waals surface area contributed by atoms with Gasteiger partial charge in [-0.25, -0.2) is 14.0 Å². The predicted octanol–water partition coefficient (Wildman–Crippen LogP) is 4.38. The number of urea groups is 2. The van der Waals surface area contributed by atoms with Gasteiger partial charge in [0, 0.05) is 44.5 Å². The van der Waals surface area contributed by atoms with Gasteiger partial charge in [0.15, 0.2) is 0 Å². The van der Waals surface area contributed by atoms with Gasteiger partial charge in [-0.2, -0.15) is 0 Å². The number of hydrogen-bond acceptors (Lipinski definition) is 2. The van der Waals surface area contributed by atoms with Crippen molar-refractivity contribution in [3.05, 3.63) is 65.0 Å². The van der Waals surface area contributed by atoms with Crippen LogP contribution in [0.15, 0.2) is 42.5 Å². The summed E-state index contributed by atoms with van der Waals surface area (Å²) in [6, 6.07) is 13.0. The molecule has 2 fully saturated rings. The molecule has 1 N–H and O–H groups in total. The van der Waals surface area contributed by atoms with E-state index in [0.29, 0.717) is 30.9 Å². The number of nitrogens with one attached hydrogen (secondary N) is 1. The van der Waals surface area contributed by atoms with Gasteiger partial charge in [-0.1, -0.05) is 35.9 Å². The van der Waals surface area contributed by atoms with Crippen molar-refractivity contribution < 1.29 is 14.0 Å². The van der Waals surface area contributed by atoms with Crippen LogP contribution < -0.4 is 5.32 Å². The Hall–Kier alpha value is -3.09. The summed E-state index contributed by atoms with van der Waals surface area (Å²) < 4.78 is 13.7. The molecule has 0 atom stereocenters. The van der Waals surface area contributed by atoms with Crippen molar-refractivity contribution in [2.45, 2.75) is 39.3 Å². The second-order valence-electron chi connectivity index (χ2n) is 8.50. The molecule has 7 heteroatoms. The number of halogens is 1. The lowest BCUT2D eigenvalue weighted by Gasteiger charge is -2.36. The minimum Gasteiger partial charge on any atom is -0.324 e. The first-order valence-corrected chi connectivity index (χ1v) is 10.8. The van der Waals surface area contributed by atoms with E-state index in [1.807, 2.05) is 15.9 Å². The third-order valence-corrected chi connectivity index (χ3v) is 6.20. The highest BCUT2D eigenvalue weighted by molar-refractivity contribution is 5.89. The van der Waals surface area contributed by atoms with E-state index in [2.05, 4.69) is 30.4 Å². The number of amides is 4. The zero-order chi connectivity index (χ0) is 22.0. The van der Waals surface area contributed by atoms with E-state index in [9.17, 15) is 14.0 Å². The molecule has 0 aliphatic carbocycles. The van der Waals surface area contributed by atoms with E-state index in [1.54, 1.807) is 24.0 Å². The zero-order valence-corrected chi connectivity index (χ0v) is 18.1. The van der Waals surface area contributed by atoms with Gasteiger partial charge in [-0.05, 0) is 49.9 Å². The summed E-state index contributed by atoms with van der Waals surface area (Å²) in [5.74, 6) is -0.334. The maximum atomic E-state index is 13.7. The molecule has 2 aromatic carbocycles. The lowest BCUT2D eigenvalue weighted by molar-refractivity contribution is 0.139. The number of carbonyl (C=O) groups is 2. The fourth-order valence-corrected chi connectivity index (χ4v) is 4.37. The summed E-state index contributed by atoms with van der Waals surface area (Å²) in [6.45, 7) is 6.98. The first-order chi connectivity index (χ1) is 14.9. The highest BCUT2D eigenvalue weighted by atomic mass is 19.1. The topological polar surface area (TPSA) is 55.9 Å². The normalized spacial score (nSPS) is 17.4. The van der Waals surface area contributed by atoms with Gasteiger partial charge >= 0.3 is 12.1 Å². The molecule has 2 saturated heterocycles. The van der Waals surface area contributed by atoms with Crippen molar-refractivity contribution in [2.75, 3.05) is 31.5 Å². The summed E-state index contributed by atoms with van der Waals surface area (Å²) in [6.07, 6.45) is 1.50. The molecule has 0 spiro atoms. The molecular formula is C24H29FN4O2. The fourth-order valence-electron chi connectivity index (χ4n) is 4.37. The maximum absolute atomic E-state index is 13.7. The van der Waals surface area contributed by atoms with E-state index in [1.165, 1.54) is 11.6 Å². The first kappa shape index (κ1) is 21.2. The Morgan fingerprint density at radius 2 is 1.84 bits per heavy atom. The number of hydrogen-bond donors (Lipinski definition) is 1. The number of benzene rings is 2. The second kappa shape index (κ2) is 8.96. The molecule has 4 amide bonds. The Labute approximate surface area is 182 Å². The summed E-state index contributed by atoms with van der Waals surface area (Å²) in [7, 11) is 0. The summed E-state index contributed by atoms with van der Waals surface area (Å²) in [5, 5.41) is 2.77. The van der Waals surface area contributed by atoms with E-state index >= 15 is 0 Å². The number of piperidine rings is 1. The van der Waals surface area contributed by atoms with Crippen LogP contribution in [0.2, 0.25) is 0 Å². The monoisotopic (exact) mass is 424 g/mol. The van der Waals surface area contributed by atoms with Gasteiger partial charge in [0.25, 0.3) is 0 Å². The third kappa shape index (κ3) is 4.81. The molecule has 31 heavy (non-hydrogen) atoms. The first-order valence-electron chi connectivity index (χ1n) is 10.8. The van der Waals surface area contributed by atoms with E-state index in [4.69, 9.17) is 0 Å². The van der Waals surface area contributed by atoms with Crippen LogP contribution in [0.5, 0.6) is 0 Å². The molecule has 0 bridgehead atoms. The molecule has 2 aromatic rings. The van der Waals surface area contributed by atoms with E-state index in [0.717, 1.165) is 31.5 Å². The predicted molar refractivity (Wildman–Crippen MR) is 118 cm³/mol. The lowest BCUT2D eigenvalue weighted by atomic mass is 10.0. The molecule has 164 valence electrons. The van der Waals surface area contributed by atoms with Crippen LogP contribution in [0.3, 0.4) is 0 Å². The van der Waals surface area contributed by atoms with Gasteiger partial charge in [-0.15, -0.1) is 0 Å². The average molecular weight is 425 g/mol. The van der Waals surface area contributed by atoms with Crippen molar-refractivity contribution >= 4 is 17.7 Å². The summed E-state index contributed by atoms with van der Waals surface area (Å²) in [5.41, 5.74) is 3.34. The molecule has 6 nitrogen and oxygen atoms in total. The third-order valence-electron chi connectivity index (χ3n) is 6.20. The van der Waals surface area contributed by atoms with E-state index < -0.39 is 0 Å². The van der Waals surface area contributed by atoms with Crippen LogP contribution in [0.25, 0.3) is 0 Å². The highest BCUT2D eigenvalue weighted by Gasteiger charge is 2.36. The quantitative estimate of drug-likeness (QED) is 0.792. The number of rotatable bonds is 4. The molecule has 2 heterocycles. The molecule has 0 radical (unpaired) electrons. The number of likely N-dealkylation sites (tertiary alicyclic amines) is 1. The van der Waals surface area contributed by atoms with Crippen molar-refractivity contribution in [1.82, 2.24) is 14.7 Å². The van der Waals surface area contributed by atoms with E-state index in [-0.39, 0.29) is 23.9 Å². The Balaban J connectivity index is 1.29.